The predicted octanol–water partition coefficient (Wildman–Crippen LogP) is 7.02. The number of nitrogen functional groups attached to an aromatic ring is 2. The van der Waals surface area contributed by atoms with Crippen molar-refractivity contribution in [3.8, 4) is 11.5 Å². The maximum absolute atomic E-state index is 13.0. The summed E-state index contributed by atoms with van der Waals surface area (Å²) < 4.78 is 13.6. The third-order valence-corrected chi connectivity index (χ3v) is 11.5. The van der Waals surface area contributed by atoms with E-state index in [0.29, 0.717) is 90.4 Å². The Morgan fingerprint density at radius 3 is 2.09 bits per heavy atom. The van der Waals surface area contributed by atoms with Gasteiger partial charge in [0.15, 0.2) is 0 Å². The molecule has 2 saturated carbocycles. The van der Waals surface area contributed by atoms with Crippen LogP contribution in [0.2, 0.25) is 0 Å². The second kappa shape index (κ2) is 17.6. The van der Waals surface area contributed by atoms with Crippen LogP contribution in [0, 0.1) is 25.7 Å². The van der Waals surface area contributed by atoms with Gasteiger partial charge in [0.2, 0.25) is 11.8 Å². The lowest BCUT2D eigenvalue weighted by atomic mass is 9.77. The number of pyridine rings is 2. The third-order valence-electron chi connectivity index (χ3n) is 11.5. The van der Waals surface area contributed by atoms with E-state index in [9.17, 15) is 29.4 Å². The number of nitrogens with zero attached hydrogens (tertiary/aromatic N) is 2. The van der Waals surface area contributed by atoms with E-state index in [1.54, 1.807) is 38.1 Å². The molecular formula is C43H54N6O8. The summed E-state index contributed by atoms with van der Waals surface area (Å²) in [6.07, 6.45) is 6.56. The van der Waals surface area contributed by atoms with E-state index >= 15 is 0 Å². The summed E-state index contributed by atoms with van der Waals surface area (Å²) in [4.78, 5) is 59.6. The Labute approximate surface area is 332 Å². The summed E-state index contributed by atoms with van der Waals surface area (Å²) in [7, 11) is 0. The number of hydrogen-bond donors (Lipinski definition) is 6. The molecule has 304 valence electrons. The number of carboxylic acids is 2. The number of carbonyl (C=O) groups is 4. The zero-order valence-electron chi connectivity index (χ0n) is 33.2. The highest BCUT2D eigenvalue weighted by atomic mass is 16.5. The number of carboxylic acid groups (broad SMARTS) is 2. The van der Waals surface area contributed by atoms with Gasteiger partial charge in [0, 0.05) is 36.4 Å². The highest BCUT2D eigenvalue weighted by molar-refractivity contribution is 6.08. The SMILES string of the molecule is CCCNC(=O)C1CCC(C(Oc2cccc3nc(C)c(C(=O)O)c(N)c23)c2ccc(OC3CCC(NC(=O)CCC)CC3)c3c(N)c(C(=O)O)c(C)nc23)CC1. The average Bonchev–Trinajstić information content (AvgIpc) is 3.16. The van der Waals surface area contributed by atoms with E-state index in [1.165, 1.54) is 0 Å². The molecule has 0 radical (unpaired) electrons. The lowest BCUT2D eigenvalue weighted by Crippen LogP contribution is -2.39. The van der Waals surface area contributed by atoms with Gasteiger partial charge in [-0.3, -0.25) is 19.6 Å². The van der Waals surface area contributed by atoms with Crippen molar-refractivity contribution in [2.75, 3.05) is 18.0 Å². The number of benzene rings is 2. The Morgan fingerprint density at radius 1 is 0.807 bits per heavy atom. The number of nitrogens with two attached hydrogens (primary N) is 2. The summed E-state index contributed by atoms with van der Waals surface area (Å²) in [5, 5.41) is 27.2. The van der Waals surface area contributed by atoms with E-state index < -0.39 is 18.0 Å². The first kappa shape index (κ1) is 41.0. The first-order chi connectivity index (χ1) is 27.3. The molecule has 0 spiro atoms. The first-order valence-corrected chi connectivity index (χ1v) is 20.1. The number of aryl methyl sites for hydroxylation is 2. The molecule has 8 N–H and O–H groups in total. The largest absolute Gasteiger partial charge is 0.490 e. The lowest BCUT2D eigenvalue weighted by molar-refractivity contribution is -0.126. The number of aromatic carboxylic acids is 2. The number of carbonyl (C=O) groups excluding carboxylic acids is 2. The van der Waals surface area contributed by atoms with E-state index in [0.717, 1.165) is 25.7 Å². The number of aromatic nitrogens is 2. The molecule has 2 aliphatic rings. The van der Waals surface area contributed by atoms with Crippen LogP contribution in [0.1, 0.15) is 128 Å². The molecule has 0 bridgehead atoms. The van der Waals surface area contributed by atoms with Crippen LogP contribution in [0.5, 0.6) is 11.5 Å². The van der Waals surface area contributed by atoms with E-state index in [-0.39, 0.29) is 69.7 Å². The van der Waals surface area contributed by atoms with Gasteiger partial charge < -0.3 is 41.8 Å². The average molecular weight is 783 g/mol. The molecule has 14 heteroatoms. The Kier molecular flexibility index (Phi) is 12.7. The van der Waals surface area contributed by atoms with Gasteiger partial charge in [0.05, 0.1) is 50.7 Å². The number of hydrogen-bond acceptors (Lipinski definition) is 10. The van der Waals surface area contributed by atoms with Crippen LogP contribution in [0.4, 0.5) is 11.4 Å². The standard InChI is InChI=1S/C43H54N6O8/c1-5-8-32(50)49-26-15-17-27(18-16-26)56-31-20-19-28(39-36(31)38(45)34(43(54)55)23(4)48-39)40(24-11-13-25(14-12-24)41(51)46-21-6-2)57-30-10-7-9-29-35(30)37(44)33(42(52)53)22(3)47-29/h7,9-10,19-20,24-27,40H,5-6,8,11-18,21H2,1-4H3,(H2,44,47)(H2,45,48)(H,46,51)(H,49,50)(H,52,53)(H,54,55). The third kappa shape index (κ3) is 8.69. The van der Waals surface area contributed by atoms with Crippen LogP contribution in [0.25, 0.3) is 21.8 Å². The normalized spacial score (nSPS) is 20.1. The molecule has 2 amide bonds. The predicted molar refractivity (Wildman–Crippen MR) is 218 cm³/mol. The van der Waals surface area contributed by atoms with E-state index in [1.807, 2.05) is 19.9 Å². The Bertz CT molecular complexity index is 2170. The molecule has 6 rings (SSSR count). The van der Waals surface area contributed by atoms with Crippen LogP contribution in [0.15, 0.2) is 30.3 Å². The number of rotatable bonds is 14. The highest BCUT2D eigenvalue weighted by Gasteiger charge is 2.36. The van der Waals surface area contributed by atoms with Gasteiger partial charge in [-0.2, -0.15) is 0 Å². The maximum Gasteiger partial charge on any atom is 0.339 e. The van der Waals surface area contributed by atoms with Gasteiger partial charge in [-0.15, -0.1) is 0 Å². The van der Waals surface area contributed by atoms with Gasteiger partial charge in [-0.25, -0.2) is 9.59 Å². The number of nitrogens with one attached hydrogen (secondary N) is 2. The summed E-state index contributed by atoms with van der Waals surface area (Å²) >= 11 is 0. The van der Waals surface area contributed by atoms with E-state index in [2.05, 4.69) is 15.6 Å². The van der Waals surface area contributed by atoms with Crippen LogP contribution in [-0.4, -0.2) is 62.6 Å². The van der Waals surface area contributed by atoms with E-state index in [4.69, 9.17) is 25.9 Å². The summed E-state index contributed by atoms with van der Waals surface area (Å²) in [5.41, 5.74) is 15.2. The van der Waals surface area contributed by atoms with Crippen LogP contribution >= 0.6 is 0 Å². The molecule has 0 aliphatic heterocycles. The van der Waals surface area contributed by atoms with Crippen LogP contribution in [0.3, 0.4) is 0 Å². The minimum Gasteiger partial charge on any atom is -0.490 e. The molecule has 57 heavy (non-hydrogen) atoms. The summed E-state index contributed by atoms with van der Waals surface area (Å²) in [6, 6.07) is 8.99. The second-order valence-corrected chi connectivity index (χ2v) is 15.5. The Morgan fingerprint density at radius 2 is 1.46 bits per heavy atom. The Balaban J connectivity index is 1.44. The van der Waals surface area contributed by atoms with Crippen molar-refractivity contribution in [1.82, 2.24) is 20.6 Å². The molecule has 14 nitrogen and oxygen atoms in total. The monoisotopic (exact) mass is 782 g/mol. The molecule has 2 aromatic heterocycles. The Hall–Kier alpha value is -5.66. The molecular weight excluding hydrogens is 729 g/mol. The van der Waals surface area contributed by atoms with Crippen LogP contribution in [-0.2, 0) is 9.59 Å². The molecule has 1 unspecified atom stereocenters. The smallest absolute Gasteiger partial charge is 0.339 e. The number of fused-ring (bicyclic) bond motifs is 2. The zero-order chi connectivity index (χ0) is 41.0. The number of amides is 2. The van der Waals surface area contributed by atoms with Gasteiger partial charge in [0.1, 0.15) is 28.7 Å². The fraction of sp³-hybridized carbons (Fsp3) is 0.488. The molecule has 4 aromatic rings. The van der Waals surface area contributed by atoms with Crippen molar-refractivity contribution in [2.24, 2.45) is 11.8 Å². The molecule has 2 aliphatic carbocycles. The van der Waals surface area contributed by atoms with Gasteiger partial charge in [-0.1, -0.05) is 19.9 Å². The summed E-state index contributed by atoms with van der Waals surface area (Å²) in [5.74, 6) is -1.89. The highest BCUT2D eigenvalue weighted by Crippen LogP contribution is 2.46. The quantitative estimate of drug-likeness (QED) is 0.0758. The number of ether oxygens (including phenoxy) is 2. The lowest BCUT2D eigenvalue weighted by Gasteiger charge is -2.35. The minimum absolute atomic E-state index is 0.0256. The fourth-order valence-corrected chi connectivity index (χ4v) is 8.58. The van der Waals surface area contributed by atoms with Crippen LogP contribution < -0.4 is 31.6 Å². The molecule has 2 aromatic carbocycles. The maximum atomic E-state index is 13.0. The topological polar surface area (TPSA) is 229 Å². The summed E-state index contributed by atoms with van der Waals surface area (Å²) in [6.45, 7) is 7.80. The van der Waals surface area contributed by atoms with Crippen molar-refractivity contribution >= 4 is 56.9 Å². The van der Waals surface area contributed by atoms with Crippen molar-refractivity contribution in [3.63, 3.8) is 0 Å². The van der Waals surface area contributed by atoms with Gasteiger partial charge in [0.25, 0.3) is 0 Å². The van der Waals surface area contributed by atoms with Crippen molar-refractivity contribution in [2.45, 2.75) is 117 Å². The van der Waals surface area contributed by atoms with Crippen molar-refractivity contribution in [1.29, 1.82) is 0 Å². The fourth-order valence-electron chi connectivity index (χ4n) is 8.58. The first-order valence-electron chi connectivity index (χ1n) is 20.1. The minimum atomic E-state index is -1.21. The van der Waals surface area contributed by atoms with Crippen molar-refractivity contribution < 1.29 is 38.9 Å². The van der Waals surface area contributed by atoms with Gasteiger partial charge >= 0.3 is 11.9 Å². The molecule has 2 heterocycles. The second-order valence-electron chi connectivity index (χ2n) is 15.5. The molecule has 0 saturated heterocycles. The zero-order valence-corrected chi connectivity index (χ0v) is 33.2. The molecule has 2 fully saturated rings. The van der Waals surface area contributed by atoms with Gasteiger partial charge in [-0.05, 0) is 102 Å². The number of anilines is 2. The van der Waals surface area contributed by atoms with Crippen molar-refractivity contribution in [3.05, 3.63) is 58.4 Å². The molecule has 1 atom stereocenters.